The van der Waals surface area contributed by atoms with E-state index in [1.165, 1.54) is 10.4 Å². The first kappa shape index (κ1) is 28.9. The van der Waals surface area contributed by atoms with Crippen LogP contribution in [0.2, 0.25) is 5.04 Å². The quantitative estimate of drug-likeness (QED) is 0.313. The van der Waals surface area contributed by atoms with Crippen molar-refractivity contribution in [1.29, 1.82) is 0 Å². The molecular weight excluding hydrogens is 456 g/mol. The fourth-order valence-corrected chi connectivity index (χ4v) is 13.4. The van der Waals surface area contributed by atoms with Gasteiger partial charge in [0.2, 0.25) is 0 Å². The molecule has 0 aliphatic heterocycles. The van der Waals surface area contributed by atoms with Crippen molar-refractivity contribution in [2.75, 3.05) is 0 Å². The molecule has 1 fully saturated rings. The van der Waals surface area contributed by atoms with E-state index in [0.717, 1.165) is 12.8 Å². The van der Waals surface area contributed by atoms with Crippen molar-refractivity contribution in [3.63, 3.8) is 0 Å². The van der Waals surface area contributed by atoms with Crippen LogP contribution in [-0.2, 0) is 0 Å². The van der Waals surface area contributed by atoms with E-state index in [1.54, 1.807) is 0 Å². The molecule has 1 aliphatic rings. The van der Waals surface area contributed by atoms with E-state index in [2.05, 4.69) is 129 Å². The molecule has 198 valence electrons. The van der Waals surface area contributed by atoms with Gasteiger partial charge in [-0.25, -0.2) is 0 Å². The topological polar surface area (TPSA) is 40.5 Å². The van der Waals surface area contributed by atoms with E-state index < -0.39 is 19.9 Å². The second-order valence-electron chi connectivity index (χ2n) is 13.4. The number of hydrogen-bond acceptors (Lipinski definition) is 2. The monoisotopic (exact) mass is 506 g/mol. The Labute approximate surface area is 221 Å². The molecule has 2 aromatic carbocycles. The van der Waals surface area contributed by atoms with Gasteiger partial charge >= 0.3 is 0 Å². The minimum absolute atomic E-state index is 0.0250. The maximum absolute atomic E-state index is 12.7. The molecule has 1 saturated carbocycles. The molecule has 2 aromatic rings. The average Bonchev–Trinajstić information content (AvgIpc) is 3.07. The molecule has 0 radical (unpaired) electrons. The zero-order valence-corrected chi connectivity index (χ0v) is 25.1. The molecule has 2 nitrogen and oxygen atoms in total. The Morgan fingerprint density at radius 2 is 1.31 bits per heavy atom. The highest BCUT2D eigenvalue weighted by atomic mass is 28.3. The maximum atomic E-state index is 12.7. The molecule has 2 N–H and O–H groups in total. The predicted molar refractivity (Wildman–Crippen MR) is 157 cm³/mol. The lowest BCUT2D eigenvalue weighted by molar-refractivity contribution is 0.0135. The Balaban J connectivity index is 2.12. The lowest BCUT2D eigenvalue weighted by Gasteiger charge is -2.53. The summed E-state index contributed by atoms with van der Waals surface area (Å²) < 4.78 is 0. The zero-order chi connectivity index (χ0) is 26.9. The van der Waals surface area contributed by atoms with Crippen LogP contribution in [0.15, 0.2) is 72.8 Å². The summed E-state index contributed by atoms with van der Waals surface area (Å²) in [5, 5.41) is 25.7. The zero-order valence-electron chi connectivity index (χ0n) is 24.1. The van der Waals surface area contributed by atoms with Crippen molar-refractivity contribution in [2.24, 2.45) is 28.6 Å². The SMILES string of the molecule is CC(C)[C@H](O)/C=C/[C@H](C)[C@]1(C)CC[C@@H](C(O)[Si](c2ccccc2)(c2ccccc2)C(C)(C)C)C1(C)C. The summed E-state index contributed by atoms with van der Waals surface area (Å²) in [5.74, 6) is 0.694. The van der Waals surface area contributed by atoms with Crippen LogP contribution in [0.4, 0.5) is 0 Å². The second-order valence-corrected chi connectivity index (χ2v) is 18.3. The van der Waals surface area contributed by atoms with Crippen LogP contribution in [0.5, 0.6) is 0 Å². The molecule has 0 bridgehead atoms. The molecule has 0 heterocycles. The molecule has 0 aromatic heterocycles. The van der Waals surface area contributed by atoms with Crippen molar-refractivity contribution in [3.8, 4) is 0 Å². The van der Waals surface area contributed by atoms with Gasteiger partial charge in [-0.05, 0) is 46.5 Å². The first-order chi connectivity index (χ1) is 16.7. The van der Waals surface area contributed by atoms with E-state index >= 15 is 0 Å². The molecule has 36 heavy (non-hydrogen) atoms. The summed E-state index contributed by atoms with van der Waals surface area (Å²) in [5.41, 5.74) is -0.472. The van der Waals surface area contributed by atoms with Crippen LogP contribution in [0, 0.1) is 28.6 Å². The molecule has 0 amide bonds. The normalized spacial score (nSPS) is 25.3. The van der Waals surface area contributed by atoms with Gasteiger partial charge in [-0.2, -0.15) is 0 Å². The third kappa shape index (κ3) is 4.79. The van der Waals surface area contributed by atoms with Crippen LogP contribution in [0.25, 0.3) is 0 Å². The van der Waals surface area contributed by atoms with Gasteiger partial charge in [0, 0.05) is 0 Å². The second kappa shape index (κ2) is 10.6. The van der Waals surface area contributed by atoms with Gasteiger partial charge in [0.15, 0.2) is 8.07 Å². The highest BCUT2D eigenvalue weighted by molar-refractivity contribution is 7.05. The van der Waals surface area contributed by atoms with Crippen molar-refractivity contribution in [3.05, 3.63) is 72.8 Å². The minimum atomic E-state index is -2.66. The van der Waals surface area contributed by atoms with Gasteiger partial charge in [-0.3, -0.25) is 0 Å². The molecule has 1 unspecified atom stereocenters. The fourth-order valence-electron chi connectivity index (χ4n) is 7.17. The summed E-state index contributed by atoms with van der Waals surface area (Å²) in [4.78, 5) is 0. The lowest BCUT2D eigenvalue weighted by atomic mass is 9.60. The Bertz CT molecular complexity index is 965. The molecule has 3 rings (SSSR count). The van der Waals surface area contributed by atoms with Crippen molar-refractivity contribution in [2.45, 2.75) is 92.0 Å². The maximum Gasteiger partial charge on any atom is 0.153 e. The first-order valence-electron chi connectivity index (χ1n) is 13.9. The molecule has 0 spiro atoms. The number of rotatable bonds is 8. The Morgan fingerprint density at radius 1 is 0.833 bits per heavy atom. The highest BCUT2D eigenvalue weighted by Crippen LogP contribution is 2.62. The van der Waals surface area contributed by atoms with Crippen molar-refractivity contribution < 1.29 is 10.2 Å². The molecular formula is C33H50O2Si. The summed E-state index contributed by atoms with van der Waals surface area (Å²) in [6.45, 7) is 20.6. The number of aliphatic hydroxyl groups excluding tert-OH is 2. The van der Waals surface area contributed by atoms with E-state index in [1.807, 2.05) is 6.08 Å². The Kier molecular flexibility index (Phi) is 8.50. The summed E-state index contributed by atoms with van der Waals surface area (Å²) in [7, 11) is -2.66. The smallest absolute Gasteiger partial charge is 0.153 e. The molecule has 5 atom stereocenters. The van der Waals surface area contributed by atoms with Gasteiger partial charge in [-0.1, -0.05) is 146 Å². The van der Waals surface area contributed by atoms with Gasteiger partial charge in [0.25, 0.3) is 0 Å². The number of benzene rings is 2. The van der Waals surface area contributed by atoms with Crippen LogP contribution in [0.3, 0.4) is 0 Å². The highest BCUT2D eigenvalue weighted by Gasteiger charge is 2.62. The van der Waals surface area contributed by atoms with Crippen LogP contribution in [0.1, 0.15) is 75.2 Å². The summed E-state index contributed by atoms with van der Waals surface area (Å²) in [6, 6.07) is 21.7. The van der Waals surface area contributed by atoms with Gasteiger partial charge in [-0.15, -0.1) is 0 Å². The van der Waals surface area contributed by atoms with Crippen LogP contribution < -0.4 is 10.4 Å². The number of allylic oxidation sites excluding steroid dienone is 1. The van der Waals surface area contributed by atoms with Gasteiger partial charge in [0.05, 0.1) is 11.8 Å². The summed E-state index contributed by atoms with van der Waals surface area (Å²) >= 11 is 0. The van der Waals surface area contributed by atoms with E-state index in [9.17, 15) is 10.2 Å². The van der Waals surface area contributed by atoms with Gasteiger partial charge < -0.3 is 10.2 Å². The van der Waals surface area contributed by atoms with E-state index in [4.69, 9.17) is 0 Å². The first-order valence-corrected chi connectivity index (χ1v) is 15.9. The number of aliphatic hydroxyl groups is 2. The molecule has 3 heteroatoms. The minimum Gasteiger partial charge on any atom is -0.395 e. The van der Waals surface area contributed by atoms with Gasteiger partial charge in [0.1, 0.15) is 0 Å². The largest absolute Gasteiger partial charge is 0.395 e. The third-order valence-corrected chi connectivity index (χ3v) is 16.3. The summed E-state index contributed by atoms with van der Waals surface area (Å²) in [6.07, 6.45) is 5.88. The number of hydrogen-bond donors (Lipinski definition) is 2. The fraction of sp³-hybridized carbons (Fsp3) is 0.576. The van der Waals surface area contributed by atoms with Crippen molar-refractivity contribution >= 4 is 18.4 Å². The van der Waals surface area contributed by atoms with Crippen LogP contribution in [-0.4, -0.2) is 30.1 Å². The lowest BCUT2D eigenvalue weighted by Crippen LogP contribution is -2.74. The third-order valence-electron chi connectivity index (χ3n) is 10.1. The predicted octanol–water partition coefficient (Wildman–Crippen LogP) is 6.60. The van der Waals surface area contributed by atoms with E-state index in [-0.39, 0.29) is 27.7 Å². The Morgan fingerprint density at radius 3 is 1.72 bits per heavy atom. The molecule has 1 aliphatic carbocycles. The van der Waals surface area contributed by atoms with Crippen LogP contribution >= 0.6 is 0 Å². The molecule has 0 saturated heterocycles. The Hall–Kier alpha value is -1.68. The van der Waals surface area contributed by atoms with Crippen molar-refractivity contribution in [1.82, 2.24) is 0 Å². The van der Waals surface area contributed by atoms with E-state index in [0.29, 0.717) is 5.92 Å². The average molecular weight is 507 g/mol. The standard InChI is InChI=1S/C33H50O2Si/c1-24(2)29(34)21-20-25(3)33(9)23-22-28(32(33,7)8)30(35)36(31(4,5)6,26-16-12-10-13-17-26)27-18-14-11-15-19-27/h10-21,24-25,28-30,34-35H,22-23H2,1-9H3/b21-20+/t25-,28-,29+,30?,33-/m0/s1.